The topological polar surface area (TPSA) is 59.9 Å². The van der Waals surface area contributed by atoms with Crippen molar-refractivity contribution < 1.29 is 14.4 Å². The largest absolute Gasteiger partial charge is 0.496 e. The summed E-state index contributed by atoms with van der Waals surface area (Å²) in [6.07, 6.45) is -0.220. The molecule has 0 aliphatic carbocycles. The van der Waals surface area contributed by atoms with Crippen molar-refractivity contribution in [2.45, 2.75) is 26.4 Å². The van der Waals surface area contributed by atoms with Crippen LogP contribution in [0.1, 0.15) is 23.1 Å². The summed E-state index contributed by atoms with van der Waals surface area (Å²) in [7, 11) is 1.61. The van der Waals surface area contributed by atoms with Gasteiger partial charge in [0.25, 0.3) is 5.91 Å². The van der Waals surface area contributed by atoms with Gasteiger partial charge in [-0.1, -0.05) is 35.0 Å². The van der Waals surface area contributed by atoms with Gasteiger partial charge in [0.05, 0.1) is 12.8 Å². The molecule has 0 bridgehead atoms. The number of hydrogen-bond acceptors (Lipinski definition) is 4. The molecule has 1 heterocycles. The number of rotatable bonds is 4. The van der Waals surface area contributed by atoms with Crippen LogP contribution in [0.2, 0.25) is 0 Å². The Labute approximate surface area is 141 Å². The van der Waals surface area contributed by atoms with Gasteiger partial charge in [0.2, 0.25) is 6.10 Å². The molecule has 0 aromatic heterocycles. The van der Waals surface area contributed by atoms with Gasteiger partial charge in [-0.2, -0.15) is 0 Å². The number of carbonyl (C=O) groups is 1. The highest BCUT2D eigenvalue weighted by Gasteiger charge is 2.30. The second-order valence-corrected chi connectivity index (χ2v) is 5.84. The van der Waals surface area contributed by atoms with Gasteiger partial charge in [-0.25, -0.2) is 0 Å². The molecular formula is C19H20N2O3. The molecule has 5 heteroatoms. The maximum atomic E-state index is 12.4. The molecule has 0 spiro atoms. The van der Waals surface area contributed by atoms with E-state index < -0.39 is 6.10 Å². The van der Waals surface area contributed by atoms with Crippen LogP contribution in [0.4, 0.5) is 5.69 Å². The highest BCUT2D eigenvalue weighted by Crippen LogP contribution is 2.25. The van der Waals surface area contributed by atoms with Crippen molar-refractivity contribution in [2.24, 2.45) is 5.16 Å². The smallest absolute Gasteiger partial charge is 0.268 e. The van der Waals surface area contributed by atoms with E-state index in [1.165, 1.54) is 0 Å². The molecule has 0 saturated carbocycles. The monoisotopic (exact) mass is 324 g/mol. The van der Waals surface area contributed by atoms with E-state index in [0.717, 1.165) is 28.1 Å². The quantitative estimate of drug-likeness (QED) is 0.937. The van der Waals surface area contributed by atoms with E-state index in [-0.39, 0.29) is 5.91 Å². The minimum Gasteiger partial charge on any atom is -0.496 e. The van der Waals surface area contributed by atoms with Crippen molar-refractivity contribution in [3.8, 4) is 5.75 Å². The number of ether oxygens (including phenoxy) is 1. The van der Waals surface area contributed by atoms with Gasteiger partial charge in [-0.15, -0.1) is 0 Å². The van der Waals surface area contributed by atoms with E-state index in [4.69, 9.17) is 9.57 Å². The van der Waals surface area contributed by atoms with E-state index >= 15 is 0 Å². The first-order valence-corrected chi connectivity index (χ1v) is 7.82. The third-order valence-electron chi connectivity index (χ3n) is 4.02. The summed E-state index contributed by atoms with van der Waals surface area (Å²) < 4.78 is 5.34. The SMILES string of the molecule is COc1ccccc1C1=NOC(C(=O)Nc2ccc(C)cc2C)C1. The molecule has 3 rings (SSSR count). The van der Waals surface area contributed by atoms with E-state index in [0.29, 0.717) is 12.1 Å². The molecule has 2 aromatic carbocycles. The zero-order valence-electron chi connectivity index (χ0n) is 14.0. The summed E-state index contributed by atoms with van der Waals surface area (Å²) in [6.45, 7) is 3.99. The third-order valence-corrected chi connectivity index (χ3v) is 4.02. The molecule has 1 aliphatic heterocycles. The second kappa shape index (κ2) is 6.74. The molecule has 1 amide bonds. The van der Waals surface area contributed by atoms with Crippen molar-refractivity contribution in [3.05, 3.63) is 59.2 Å². The standard InChI is InChI=1S/C19H20N2O3/c1-12-8-9-15(13(2)10-12)20-19(22)18-11-16(21-24-18)14-6-4-5-7-17(14)23-3/h4-10,18H,11H2,1-3H3,(H,20,22). The summed E-state index contributed by atoms with van der Waals surface area (Å²) in [5.74, 6) is 0.519. The Balaban J connectivity index is 1.69. The first kappa shape index (κ1) is 16.1. The molecule has 24 heavy (non-hydrogen) atoms. The average Bonchev–Trinajstić information content (AvgIpc) is 3.07. The van der Waals surface area contributed by atoms with Crippen LogP contribution in [-0.2, 0) is 9.63 Å². The fraction of sp³-hybridized carbons (Fsp3) is 0.263. The molecule has 0 fully saturated rings. The molecule has 1 unspecified atom stereocenters. The number of anilines is 1. The first-order valence-electron chi connectivity index (χ1n) is 7.82. The molecule has 1 N–H and O–H groups in total. The maximum Gasteiger partial charge on any atom is 0.268 e. The Kier molecular flexibility index (Phi) is 4.51. The Hall–Kier alpha value is -2.82. The number of para-hydroxylation sites is 1. The zero-order valence-corrected chi connectivity index (χ0v) is 14.0. The number of aryl methyl sites for hydroxylation is 2. The Morgan fingerprint density at radius 1 is 1.25 bits per heavy atom. The van der Waals surface area contributed by atoms with E-state index in [9.17, 15) is 4.79 Å². The van der Waals surface area contributed by atoms with Crippen LogP contribution in [-0.4, -0.2) is 24.8 Å². The number of oxime groups is 1. The van der Waals surface area contributed by atoms with E-state index in [2.05, 4.69) is 10.5 Å². The Morgan fingerprint density at radius 3 is 2.79 bits per heavy atom. The number of nitrogens with one attached hydrogen (secondary N) is 1. The Morgan fingerprint density at radius 2 is 2.04 bits per heavy atom. The van der Waals surface area contributed by atoms with Crippen LogP contribution < -0.4 is 10.1 Å². The van der Waals surface area contributed by atoms with Crippen LogP contribution >= 0.6 is 0 Å². The molecule has 0 radical (unpaired) electrons. The predicted molar refractivity (Wildman–Crippen MR) is 93.6 cm³/mol. The van der Waals surface area contributed by atoms with Gasteiger partial charge in [0.1, 0.15) is 5.75 Å². The van der Waals surface area contributed by atoms with Gasteiger partial charge in [-0.3, -0.25) is 4.79 Å². The number of amides is 1. The minimum absolute atomic E-state index is 0.199. The lowest BCUT2D eigenvalue weighted by Gasteiger charge is -2.12. The molecule has 2 aromatic rings. The number of carbonyl (C=O) groups excluding carboxylic acids is 1. The van der Waals surface area contributed by atoms with Gasteiger partial charge in [0.15, 0.2) is 0 Å². The van der Waals surface area contributed by atoms with E-state index in [1.54, 1.807) is 7.11 Å². The zero-order chi connectivity index (χ0) is 17.1. The summed E-state index contributed by atoms with van der Waals surface area (Å²) >= 11 is 0. The van der Waals surface area contributed by atoms with Crippen molar-refractivity contribution in [3.63, 3.8) is 0 Å². The molecule has 0 saturated heterocycles. The summed E-state index contributed by atoms with van der Waals surface area (Å²) in [5.41, 5.74) is 4.53. The predicted octanol–water partition coefficient (Wildman–Crippen LogP) is 3.44. The van der Waals surface area contributed by atoms with Crippen LogP contribution in [0.5, 0.6) is 5.75 Å². The van der Waals surface area contributed by atoms with Gasteiger partial charge in [0, 0.05) is 17.7 Å². The van der Waals surface area contributed by atoms with Gasteiger partial charge in [-0.05, 0) is 37.6 Å². The van der Waals surface area contributed by atoms with Crippen molar-refractivity contribution in [2.75, 3.05) is 12.4 Å². The molecule has 1 atom stereocenters. The second-order valence-electron chi connectivity index (χ2n) is 5.84. The van der Waals surface area contributed by atoms with Crippen LogP contribution in [0.3, 0.4) is 0 Å². The normalized spacial score (nSPS) is 16.3. The molecule has 5 nitrogen and oxygen atoms in total. The highest BCUT2D eigenvalue weighted by molar-refractivity contribution is 6.07. The molecular weight excluding hydrogens is 304 g/mol. The van der Waals surface area contributed by atoms with Crippen molar-refractivity contribution in [1.29, 1.82) is 0 Å². The summed E-state index contributed by atoms with van der Waals surface area (Å²) in [6, 6.07) is 13.5. The lowest BCUT2D eigenvalue weighted by Crippen LogP contribution is -2.28. The maximum absolute atomic E-state index is 12.4. The number of nitrogens with zero attached hydrogens (tertiary/aromatic N) is 1. The average molecular weight is 324 g/mol. The molecule has 1 aliphatic rings. The van der Waals surface area contributed by atoms with Crippen LogP contribution in [0.25, 0.3) is 0 Å². The summed E-state index contributed by atoms with van der Waals surface area (Å²) in [5, 5.41) is 6.98. The van der Waals surface area contributed by atoms with Gasteiger partial charge >= 0.3 is 0 Å². The number of benzene rings is 2. The van der Waals surface area contributed by atoms with Crippen LogP contribution in [0, 0.1) is 13.8 Å². The number of hydrogen-bond donors (Lipinski definition) is 1. The highest BCUT2D eigenvalue weighted by atomic mass is 16.6. The fourth-order valence-corrected chi connectivity index (χ4v) is 2.73. The third kappa shape index (κ3) is 3.25. The van der Waals surface area contributed by atoms with Crippen molar-refractivity contribution >= 4 is 17.3 Å². The summed E-state index contributed by atoms with van der Waals surface area (Å²) in [4.78, 5) is 17.8. The van der Waals surface area contributed by atoms with Crippen molar-refractivity contribution in [1.82, 2.24) is 0 Å². The minimum atomic E-state index is -0.634. The van der Waals surface area contributed by atoms with E-state index in [1.807, 2.05) is 56.3 Å². The first-order chi connectivity index (χ1) is 11.6. The lowest BCUT2D eigenvalue weighted by atomic mass is 10.0. The lowest BCUT2D eigenvalue weighted by molar-refractivity contribution is -0.125. The number of methoxy groups -OCH3 is 1. The molecule has 124 valence electrons. The Bertz CT molecular complexity index is 799. The van der Waals surface area contributed by atoms with Crippen LogP contribution in [0.15, 0.2) is 47.6 Å². The fourth-order valence-electron chi connectivity index (χ4n) is 2.73. The van der Waals surface area contributed by atoms with Gasteiger partial charge < -0.3 is 14.9 Å².